The standard InChI is InChI=1S/C14H10ClN5/c1-19-11(9-5-3-2-4-6-9)8-20-10-7-16-13(15)17-12(10)18-14(19)20/h2-8H,1H3. The number of imidazole rings is 2. The van der Waals surface area contributed by atoms with Gasteiger partial charge in [-0.2, -0.15) is 9.97 Å². The lowest BCUT2D eigenvalue weighted by Crippen LogP contribution is -1.92. The largest absolute Gasteiger partial charge is 0.313 e. The molecule has 0 atom stereocenters. The summed E-state index contributed by atoms with van der Waals surface area (Å²) < 4.78 is 4.01. The summed E-state index contributed by atoms with van der Waals surface area (Å²) in [4.78, 5) is 12.7. The lowest BCUT2D eigenvalue weighted by molar-refractivity contribution is 0.947. The number of halogens is 1. The van der Waals surface area contributed by atoms with Gasteiger partial charge in [-0.15, -0.1) is 0 Å². The molecule has 0 fully saturated rings. The summed E-state index contributed by atoms with van der Waals surface area (Å²) in [5, 5.41) is 0.212. The summed E-state index contributed by atoms with van der Waals surface area (Å²) in [6.07, 6.45) is 3.73. The van der Waals surface area contributed by atoms with E-state index in [0.29, 0.717) is 5.65 Å². The smallest absolute Gasteiger partial charge is 0.224 e. The highest BCUT2D eigenvalue weighted by Crippen LogP contribution is 2.24. The van der Waals surface area contributed by atoms with E-state index < -0.39 is 0 Å². The molecule has 0 saturated heterocycles. The van der Waals surface area contributed by atoms with E-state index in [0.717, 1.165) is 22.6 Å². The Balaban J connectivity index is 2.05. The van der Waals surface area contributed by atoms with Gasteiger partial charge in [0, 0.05) is 13.2 Å². The molecule has 6 heteroatoms. The van der Waals surface area contributed by atoms with Crippen molar-refractivity contribution in [3.05, 3.63) is 48.0 Å². The highest BCUT2D eigenvalue weighted by molar-refractivity contribution is 6.28. The Morgan fingerprint density at radius 3 is 2.70 bits per heavy atom. The van der Waals surface area contributed by atoms with Gasteiger partial charge < -0.3 is 4.57 Å². The molecule has 1 aromatic carbocycles. The molecule has 3 heterocycles. The number of aromatic nitrogens is 5. The van der Waals surface area contributed by atoms with E-state index in [4.69, 9.17) is 11.6 Å². The zero-order valence-electron chi connectivity index (χ0n) is 10.7. The van der Waals surface area contributed by atoms with Gasteiger partial charge in [-0.1, -0.05) is 30.3 Å². The Hall–Kier alpha value is -2.40. The van der Waals surface area contributed by atoms with Crippen molar-refractivity contribution in [2.24, 2.45) is 7.05 Å². The first-order valence-electron chi connectivity index (χ1n) is 6.15. The van der Waals surface area contributed by atoms with Gasteiger partial charge in [0.1, 0.15) is 5.52 Å². The minimum absolute atomic E-state index is 0.212. The third-order valence-corrected chi connectivity index (χ3v) is 3.57. The van der Waals surface area contributed by atoms with Crippen LogP contribution in [0.5, 0.6) is 0 Å². The van der Waals surface area contributed by atoms with Crippen LogP contribution in [-0.4, -0.2) is 23.9 Å². The van der Waals surface area contributed by atoms with Crippen LogP contribution >= 0.6 is 11.6 Å². The van der Waals surface area contributed by atoms with E-state index in [-0.39, 0.29) is 5.28 Å². The predicted molar refractivity (Wildman–Crippen MR) is 77.7 cm³/mol. The Morgan fingerprint density at radius 2 is 1.90 bits per heavy atom. The topological polar surface area (TPSA) is 48.0 Å². The summed E-state index contributed by atoms with van der Waals surface area (Å²) in [7, 11) is 1.98. The molecule has 0 radical (unpaired) electrons. The first-order chi connectivity index (χ1) is 9.74. The molecule has 98 valence electrons. The van der Waals surface area contributed by atoms with Crippen molar-refractivity contribution in [3.8, 4) is 11.3 Å². The molecule has 4 aromatic rings. The fourth-order valence-corrected chi connectivity index (χ4v) is 2.54. The molecule has 4 rings (SSSR count). The number of rotatable bonds is 1. The van der Waals surface area contributed by atoms with Crippen molar-refractivity contribution in [1.82, 2.24) is 23.9 Å². The Bertz CT molecular complexity index is 923. The Kier molecular flexibility index (Phi) is 2.31. The van der Waals surface area contributed by atoms with E-state index in [1.54, 1.807) is 6.20 Å². The molecule has 0 spiro atoms. The first-order valence-corrected chi connectivity index (χ1v) is 6.53. The minimum Gasteiger partial charge on any atom is -0.313 e. The fourth-order valence-electron chi connectivity index (χ4n) is 2.41. The molecule has 0 aliphatic heterocycles. The number of benzene rings is 1. The molecule has 0 unspecified atom stereocenters. The van der Waals surface area contributed by atoms with Crippen LogP contribution in [0.1, 0.15) is 0 Å². The average molecular weight is 284 g/mol. The van der Waals surface area contributed by atoms with E-state index in [1.165, 1.54) is 0 Å². The van der Waals surface area contributed by atoms with E-state index in [1.807, 2.05) is 40.4 Å². The van der Waals surface area contributed by atoms with Gasteiger partial charge in [-0.25, -0.2) is 4.98 Å². The van der Waals surface area contributed by atoms with E-state index in [9.17, 15) is 0 Å². The average Bonchev–Trinajstić information content (AvgIpc) is 2.97. The van der Waals surface area contributed by atoms with Crippen molar-refractivity contribution < 1.29 is 0 Å². The molecular formula is C14H10ClN5. The molecule has 3 aromatic heterocycles. The Labute approximate surface area is 119 Å². The zero-order valence-corrected chi connectivity index (χ0v) is 11.4. The molecular weight excluding hydrogens is 274 g/mol. The van der Waals surface area contributed by atoms with Gasteiger partial charge in [0.15, 0.2) is 5.65 Å². The second kappa shape index (κ2) is 4.05. The van der Waals surface area contributed by atoms with Crippen molar-refractivity contribution in [3.63, 3.8) is 0 Å². The van der Waals surface area contributed by atoms with Crippen LogP contribution in [0.2, 0.25) is 5.28 Å². The summed E-state index contributed by atoms with van der Waals surface area (Å²) in [6, 6.07) is 10.2. The summed E-state index contributed by atoms with van der Waals surface area (Å²) in [6.45, 7) is 0. The highest BCUT2D eigenvalue weighted by Gasteiger charge is 2.14. The summed E-state index contributed by atoms with van der Waals surface area (Å²) in [5.74, 6) is 0.815. The van der Waals surface area contributed by atoms with Crippen LogP contribution in [0.25, 0.3) is 28.2 Å². The van der Waals surface area contributed by atoms with Crippen molar-refractivity contribution in [2.45, 2.75) is 0 Å². The van der Waals surface area contributed by atoms with Gasteiger partial charge in [-0.05, 0) is 17.2 Å². The summed E-state index contributed by atoms with van der Waals surface area (Å²) in [5.41, 5.74) is 3.69. The van der Waals surface area contributed by atoms with Crippen LogP contribution in [0.15, 0.2) is 42.7 Å². The molecule has 0 N–H and O–H groups in total. The monoisotopic (exact) mass is 283 g/mol. The van der Waals surface area contributed by atoms with E-state index in [2.05, 4.69) is 27.1 Å². The second-order valence-corrected chi connectivity index (χ2v) is 4.91. The fraction of sp³-hybridized carbons (Fsp3) is 0.0714. The number of nitrogens with zero attached hydrogens (tertiary/aromatic N) is 5. The first kappa shape index (κ1) is 11.4. The number of aryl methyl sites for hydroxylation is 1. The Morgan fingerprint density at radius 1 is 1.10 bits per heavy atom. The van der Waals surface area contributed by atoms with Crippen molar-refractivity contribution >= 4 is 28.5 Å². The lowest BCUT2D eigenvalue weighted by Gasteiger charge is -2.01. The summed E-state index contributed by atoms with van der Waals surface area (Å²) >= 11 is 5.80. The van der Waals surface area contributed by atoms with Crippen LogP contribution in [-0.2, 0) is 7.05 Å². The van der Waals surface area contributed by atoms with Crippen LogP contribution in [0.4, 0.5) is 0 Å². The van der Waals surface area contributed by atoms with Crippen LogP contribution < -0.4 is 0 Å². The van der Waals surface area contributed by atoms with Crippen LogP contribution in [0, 0.1) is 0 Å². The minimum atomic E-state index is 0.212. The van der Waals surface area contributed by atoms with Crippen LogP contribution in [0.3, 0.4) is 0 Å². The molecule has 20 heavy (non-hydrogen) atoms. The third-order valence-electron chi connectivity index (χ3n) is 3.38. The quantitative estimate of drug-likeness (QED) is 0.505. The molecule has 0 aliphatic rings. The molecule has 0 bridgehead atoms. The number of fused-ring (bicyclic) bond motifs is 3. The van der Waals surface area contributed by atoms with Crippen molar-refractivity contribution in [2.75, 3.05) is 0 Å². The highest BCUT2D eigenvalue weighted by atomic mass is 35.5. The second-order valence-electron chi connectivity index (χ2n) is 4.57. The zero-order chi connectivity index (χ0) is 13.7. The maximum atomic E-state index is 5.80. The normalized spacial score (nSPS) is 11.5. The third kappa shape index (κ3) is 1.53. The van der Waals surface area contributed by atoms with Gasteiger partial charge in [-0.3, -0.25) is 4.40 Å². The SMILES string of the molecule is Cn1c(-c2ccccc2)cn2c3cnc(Cl)nc3nc12. The molecule has 0 amide bonds. The van der Waals surface area contributed by atoms with Gasteiger partial charge in [0.05, 0.1) is 11.9 Å². The molecule has 5 nitrogen and oxygen atoms in total. The maximum Gasteiger partial charge on any atom is 0.224 e. The predicted octanol–water partition coefficient (Wildman–Crippen LogP) is 2.94. The molecule has 0 aliphatic carbocycles. The van der Waals surface area contributed by atoms with Gasteiger partial charge >= 0.3 is 0 Å². The number of hydrogen-bond acceptors (Lipinski definition) is 3. The number of hydrogen-bond donors (Lipinski definition) is 0. The van der Waals surface area contributed by atoms with Gasteiger partial charge in [0.25, 0.3) is 0 Å². The van der Waals surface area contributed by atoms with E-state index >= 15 is 0 Å². The van der Waals surface area contributed by atoms with Gasteiger partial charge in [0.2, 0.25) is 11.1 Å². The molecule has 0 saturated carbocycles. The maximum absolute atomic E-state index is 5.80. The van der Waals surface area contributed by atoms with Crippen molar-refractivity contribution in [1.29, 1.82) is 0 Å². The lowest BCUT2D eigenvalue weighted by atomic mass is 10.2.